The van der Waals surface area contributed by atoms with Crippen molar-refractivity contribution in [3.63, 3.8) is 0 Å². The Morgan fingerprint density at radius 2 is 1.62 bits per heavy atom. The highest BCUT2D eigenvalue weighted by molar-refractivity contribution is 4.82. The summed E-state index contributed by atoms with van der Waals surface area (Å²) < 4.78 is 48.2. The predicted octanol–water partition coefficient (Wildman–Crippen LogP) is 2.77. The minimum Gasteiger partial charge on any atom is -0.376 e. The van der Waals surface area contributed by atoms with E-state index < -0.39 is 12.1 Å². The lowest BCUT2D eigenvalue weighted by Crippen LogP contribution is -2.38. The first-order valence-corrected chi connectivity index (χ1v) is 5.83. The van der Waals surface area contributed by atoms with Gasteiger partial charge in [-0.25, -0.2) is 0 Å². The molecule has 0 spiro atoms. The minimum absolute atomic E-state index is 0.0166. The number of halogens is 3. The zero-order valence-electron chi connectivity index (χ0n) is 9.13. The van der Waals surface area contributed by atoms with E-state index in [1.54, 1.807) is 0 Å². The first-order chi connectivity index (χ1) is 7.57. The van der Waals surface area contributed by atoms with Gasteiger partial charge >= 0.3 is 6.18 Å². The molecule has 1 aliphatic carbocycles. The quantitative estimate of drug-likeness (QED) is 0.699. The lowest BCUT2D eigenvalue weighted by atomic mass is 9.79. The van der Waals surface area contributed by atoms with Crippen LogP contribution < -0.4 is 0 Å². The summed E-state index contributed by atoms with van der Waals surface area (Å²) in [6, 6.07) is 0. The Kier molecular flexibility index (Phi) is 3.74. The summed E-state index contributed by atoms with van der Waals surface area (Å²) in [7, 11) is 0. The van der Waals surface area contributed by atoms with E-state index in [-0.39, 0.29) is 24.9 Å². The molecule has 1 saturated heterocycles. The van der Waals surface area contributed by atoms with Crippen LogP contribution in [0.1, 0.15) is 25.7 Å². The molecule has 2 aliphatic rings. The van der Waals surface area contributed by atoms with Crippen molar-refractivity contribution in [3.8, 4) is 0 Å². The van der Waals surface area contributed by atoms with Crippen molar-refractivity contribution in [2.45, 2.75) is 38.0 Å². The van der Waals surface area contributed by atoms with Gasteiger partial charge in [-0.3, -0.25) is 0 Å². The van der Waals surface area contributed by atoms with Crippen molar-refractivity contribution in [3.05, 3.63) is 0 Å². The van der Waals surface area contributed by atoms with Gasteiger partial charge in [0.25, 0.3) is 0 Å². The third-order valence-electron chi connectivity index (χ3n) is 3.60. The van der Waals surface area contributed by atoms with Gasteiger partial charge in [0.1, 0.15) is 0 Å². The van der Waals surface area contributed by atoms with Crippen LogP contribution in [0.15, 0.2) is 0 Å². The number of hydrogen-bond donors (Lipinski definition) is 0. The second-order valence-corrected chi connectivity index (χ2v) is 4.64. The predicted molar refractivity (Wildman–Crippen MR) is 52.1 cm³/mol. The normalized spacial score (nSPS) is 37.3. The van der Waals surface area contributed by atoms with E-state index in [1.165, 1.54) is 0 Å². The molecule has 5 heteroatoms. The van der Waals surface area contributed by atoms with Gasteiger partial charge in [-0.15, -0.1) is 0 Å². The molecule has 2 nitrogen and oxygen atoms in total. The average molecular weight is 238 g/mol. The SMILES string of the molecule is FC(F)(F)C1CCC(C2COCCO2)CC1. The zero-order chi connectivity index (χ0) is 11.6. The van der Waals surface area contributed by atoms with Crippen molar-refractivity contribution in [2.24, 2.45) is 11.8 Å². The molecule has 0 aromatic rings. The smallest absolute Gasteiger partial charge is 0.376 e. The Balaban J connectivity index is 1.80. The maximum Gasteiger partial charge on any atom is 0.391 e. The Bertz CT molecular complexity index is 216. The standard InChI is InChI=1S/C11H17F3O2/c12-11(13,14)9-3-1-8(2-4-9)10-7-15-5-6-16-10/h8-10H,1-7H2. The van der Waals surface area contributed by atoms with Crippen molar-refractivity contribution in [1.29, 1.82) is 0 Å². The van der Waals surface area contributed by atoms with Gasteiger partial charge in [0, 0.05) is 0 Å². The van der Waals surface area contributed by atoms with Crippen molar-refractivity contribution >= 4 is 0 Å². The molecule has 1 saturated carbocycles. The van der Waals surface area contributed by atoms with E-state index in [4.69, 9.17) is 9.47 Å². The maximum absolute atomic E-state index is 12.5. The molecule has 0 aromatic heterocycles. The molecule has 1 aliphatic heterocycles. The van der Waals surface area contributed by atoms with E-state index in [0.29, 0.717) is 32.7 Å². The van der Waals surface area contributed by atoms with Crippen LogP contribution in [0.3, 0.4) is 0 Å². The van der Waals surface area contributed by atoms with Crippen LogP contribution in [0.4, 0.5) is 13.2 Å². The fourth-order valence-corrected chi connectivity index (χ4v) is 2.60. The molecule has 1 heterocycles. The number of ether oxygens (including phenoxy) is 2. The van der Waals surface area contributed by atoms with Crippen LogP contribution in [0.25, 0.3) is 0 Å². The van der Waals surface area contributed by atoms with Gasteiger partial charge in [0.05, 0.1) is 31.8 Å². The highest BCUT2D eigenvalue weighted by atomic mass is 19.4. The zero-order valence-corrected chi connectivity index (χ0v) is 9.13. The van der Waals surface area contributed by atoms with Crippen molar-refractivity contribution in [2.75, 3.05) is 19.8 Å². The lowest BCUT2D eigenvalue weighted by Gasteiger charge is -2.36. The summed E-state index contributed by atoms with van der Waals surface area (Å²) in [5, 5.41) is 0. The molecule has 0 radical (unpaired) electrons. The topological polar surface area (TPSA) is 18.5 Å². The van der Waals surface area contributed by atoms with E-state index in [9.17, 15) is 13.2 Å². The summed E-state index contributed by atoms with van der Waals surface area (Å²) in [5.74, 6) is -0.854. The Labute approximate surface area is 93.1 Å². The van der Waals surface area contributed by atoms with Gasteiger partial charge in [-0.1, -0.05) is 0 Å². The van der Waals surface area contributed by atoms with Gasteiger partial charge in [0.2, 0.25) is 0 Å². The van der Waals surface area contributed by atoms with Gasteiger partial charge in [0.15, 0.2) is 0 Å². The summed E-state index contributed by atoms with van der Waals surface area (Å²) in [6.45, 7) is 1.72. The minimum atomic E-state index is -4.02. The Morgan fingerprint density at radius 3 is 2.12 bits per heavy atom. The highest BCUT2D eigenvalue weighted by Gasteiger charge is 2.42. The molecule has 1 atom stereocenters. The summed E-state index contributed by atoms with van der Waals surface area (Å²) >= 11 is 0. The van der Waals surface area contributed by atoms with Crippen LogP contribution in [0.5, 0.6) is 0 Å². The molecular formula is C11H17F3O2. The van der Waals surface area contributed by atoms with Crippen LogP contribution in [0.2, 0.25) is 0 Å². The van der Waals surface area contributed by atoms with Crippen molar-refractivity contribution < 1.29 is 22.6 Å². The van der Waals surface area contributed by atoms with Crippen LogP contribution in [-0.4, -0.2) is 32.1 Å². The third kappa shape index (κ3) is 2.88. The highest BCUT2D eigenvalue weighted by Crippen LogP contribution is 2.41. The fourth-order valence-electron chi connectivity index (χ4n) is 2.60. The molecule has 2 fully saturated rings. The maximum atomic E-state index is 12.5. The molecule has 0 bridgehead atoms. The average Bonchev–Trinajstić information content (AvgIpc) is 2.29. The summed E-state index contributed by atoms with van der Waals surface area (Å²) in [4.78, 5) is 0. The Morgan fingerprint density at radius 1 is 0.938 bits per heavy atom. The lowest BCUT2D eigenvalue weighted by molar-refractivity contribution is -0.189. The number of rotatable bonds is 1. The number of alkyl halides is 3. The van der Waals surface area contributed by atoms with Gasteiger partial charge in [-0.05, 0) is 31.6 Å². The van der Waals surface area contributed by atoms with Crippen molar-refractivity contribution in [1.82, 2.24) is 0 Å². The van der Waals surface area contributed by atoms with E-state index >= 15 is 0 Å². The fraction of sp³-hybridized carbons (Fsp3) is 1.00. The molecule has 2 rings (SSSR count). The third-order valence-corrected chi connectivity index (χ3v) is 3.60. The first-order valence-electron chi connectivity index (χ1n) is 5.83. The van der Waals surface area contributed by atoms with E-state index in [0.717, 1.165) is 0 Å². The van der Waals surface area contributed by atoms with Crippen LogP contribution in [0, 0.1) is 11.8 Å². The van der Waals surface area contributed by atoms with Crippen LogP contribution in [-0.2, 0) is 9.47 Å². The number of hydrogen-bond acceptors (Lipinski definition) is 2. The molecule has 0 amide bonds. The van der Waals surface area contributed by atoms with Gasteiger partial charge < -0.3 is 9.47 Å². The molecule has 0 aromatic carbocycles. The second-order valence-electron chi connectivity index (χ2n) is 4.64. The monoisotopic (exact) mass is 238 g/mol. The van der Waals surface area contributed by atoms with Gasteiger partial charge in [-0.2, -0.15) is 13.2 Å². The molecule has 1 unspecified atom stereocenters. The van der Waals surface area contributed by atoms with Crippen LogP contribution >= 0.6 is 0 Å². The van der Waals surface area contributed by atoms with E-state index in [2.05, 4.69) is 0 Å². The summed E-state index contributed by atoms with van der Waals surface area (Å²) in [6.07, 6.45) is -2.30. The second kappa shape index (κ2) is 4.92. The largest absolute Gasteiger partial charge is 0.391 e. The first kappa shape index (κ1) is 12.2. The molecule has 0 N–H and O–H groups in total. The summed E-state index contributed by atoms with van der Waals surface area (Å²) in [5.41, 5.74) is 0. The molecular weight excluding hydrogens is 221 g/mol. The molecule has 16 heavy (non-hydrogen) atoms. The Hall–Kier alpha value is -0.290. The van der Waals surface area contributed by atoms with E-state index in [1.807, 2.05) is 0 Å². The molecule has 94 valence electrons.